The lowest BCUT2D eigenvalue weighted by Gasteiger charge is -2.09. The standard InChI is InChI=1S/C22H21N5O4S/c1-14-20-10-15(12-24-21(20)27(26-14)18-7-8-32(29,30)13-18)9-16(11-23)22(28)25-17-3-5-19(31-2)6-4-17/h3-6,9-10,12,18H,7-8,13H2,1-2H3,(H,25,28)/b16-9-/t18-/m1/s1. The number of benzene rings is 1. The third-order valence-corrected chi connectivity index (χ3v) is 7.08. The summed E-state index contributed by atoms with van der Waals surface area (Å²) in [7, 11) is -1.50. The Morgan fingerprint density at radius 2 is 2.09 bits per heavy atom. The van der Waals surface area contributed by atoms with Crippen LogP contribution in [-0.2, 0) is 14.6 Å². The average Bonchev–Trinajstić information content (AvgIpc) is 3.31. The van der Waals surface area contributed by atoms with Crippen molar-refractivity contribution in [2.24, 2.45) is 0 Å². The van der Waals surface area contributed by atoms with Gasteiger partial charge in [-0.2, -0.15) is 10.4 Å². The summed E-state index contributed by atoms with van der Waals surface area (Å²) in [6.07, 6.45) is 3.51. The number of carbonyl (C=O) groups excluding carboxylic acids is 1. The summed E-state index contributed by atoms with van der Waals surface area (Å²) in [5, 5.41) is 17.4. The van der Waals surface area contributed by atoms with Crippen LogP contribution in [0.3, 0.4) is 0 Å². The molecule has 0 spiro atoms. The largest absolute Gasteiger partial charge is 0.497 e. The second-order valence-electron chi connectivity index (χ2n) is 7.58. The van der Waals surface area contributed by atoms with Crippen LogP contribution in [0, 0.1) is 18.3 Å². The van der Waals surface area contributed by atoms with Crippen LogP contribution in [-0.4, -0.2) is 47.7 Å². The van der Waals surface area contributed by atoms with E-state index < -0.39 is 15.7 Å². The van der Waals surface area contributed by atoms with Gasteiger partial charge in [0, 0.05) is 17.3 Å². The van der Waals surface area contributed by atoms with E-state index in [0.717, 1.165) is 5.39 Å². The van der Waals surface area contributed by atoms with Crippen molar-refractivity contribution in [2.45, 2.75) is 19.4 Å². The summed E-state index contributed by atoms with van der Waals surface area (Å²) in [5.41, 5.74) is 2.32. The number of fused-ring (bicyclic) bond motifs is 1. The van der Waals surface area contributed by atoms with Gasteiger partial charge in [-0.15, -0.1) is 0 Å². The number of anilines is 1. The zero-order chi connectivity index (χ0) is 22.9. The summed E-state index contributed by atoms with van der Waals surface area (Å²) in [4.78, 5) is 17.0. The maximum absolute atomic E-state index is 12.5. The first-order valence-corrected chi connectivity index (χ1v) is 11.7. The fraction of sp³-hybridized carbons (Fsp3) is 0.273. The van der Waals surface area contributed by atoms with Gasteiger partial charge in [-0.1, -0.05) is 0 Å². The second-order valence-corrected chi connectivity index (χ2v) is 9.81. The molecule has 4 rings (SSSR count). The fourth-order valence-corrected chi connectivity index (χ4v) is 5.37. The normalized spacial score (nSPS) is 17.8. The Hall–Kier alpha value is -3.71. The molecule has 0 bridgehead atoms. The number of nitrogens with one attached hydrogen (secondary N) is 1. The number of hydrogen-bond acceptors (Lipinski definition) is 7. The van der Waals surface area contributed by atoms with E-state index >= 15 is 0 Å². The number of nitrogens with zero attached hydrogens (tertiary/aromatic N) is 4. The van der Waals surface area contributed by atoms with Gasteiger partial charge in [0.1, 0.15) is 17.4 Å². The molecule has 3 heterocycles. The Kier molecular flexibility index (Phi) is 5.67. The van der Waals surface area contributed by atoms with Gasteiger partial charge in [-0.05, 0) is 55.3 Å². The van der Waals surface area contributed by atoms with Crippen molar-refractivity contribution < 1.29 is 17.9 Å². The zero-order valence-electron chi connectivity index (χ0n) is 17.6. The molecule has 1 amide bonds. The summed E-state index contributed by atoms with van der Waals surface area (Å²) in [6.45, 7) is 1.82. The molecule has 2 aromatic heterocycles. The summed E-state index contributed by atoms with van der Waals surface area (Å²) >= 11 is 0. The van der Waals surface area contributed by atoms with E-state index in [1.807, 2.05) is 13.0 Å². The highest BCUT2D eigenvalue weighted by atomic mass is 32.2. The minimum absolute atomic E-state index is 0.0522. The lowest BCUT2D eigenvalue weighted by molar-refractivity contribution is -0.112. The monoisotopic (exact) mass is 451 g/mol. The van der Waals surface area contributed by atoms with Crippen molar-refractivity contribution in [1.29, 1.82) is 5.26 Å². The van der Waals surface area contributed by atoms with Crippen LogP contribution in [0.1, 0.15) is 23.7 Å². The van der Waals surface area contributed by atoms with E-state index in [2.05, 4.69) is 15.4 Å². The first-order chi connectivity index (χ1) is 15.3. The molecule has 0 aliphatic carbocycles. The quantitative estimate of drug-likeness (QED) is 0.467. The molecule has 164 valence electrons. The van der Waals surface area contributed by atoms with Crippen LogP contribution < -0.4 is 10.1 Å². The Balaban J connectivity index is 1.60. The number of sulfone groups is 1. The molecular weight excluding hydrogens is 430 g/mol. The van der Waals surface area contributed by atoms with E-state index in [1.165, 1.54) is 6.08 Å². The maximum Gasteiger partial charge on any atom is 0.266 e. The van der Waals surface area contributed by atoms with Crippen LogP contribution in [0.15, 0.2) is 42.1 Å². The lowest BCUT2D eigenvalue weighted by atomic mass is 10.1. The molecular formula is C22H21N5O4S. The third kappa shape index (κ3) is 4.33. The molecule has 1 saturated heterocycles. The number of methoxy groups -OCH3 is 1. The van der Waals surface area contributed by atoms with E-state index in [0.29, 0.717) is 34.8 Å². The molecule has 3 aromatic rings. The molecule has 1 aliphatic heterocycles. The molecule has 1 aromatic carbocycles. The van der Waals surface area contributed by atoms with Gasteiger partial charge in [0.15, 0.2) is 15.5 Å². The van der Waals surface area contributed by atoms with E-state index in [-0.39, 0.29) is 23.1 Å². The Labute approximate surface area is 185 Å². The molecule has 1 aliphatic rings. The highest BCUT2D eigenvalue weighted by molar-refractivity contribution is 7.91. The molecule has 10 heteroatoms. The number of carbonyl (C=O) groups is 1. The van der Waals surface area contributed by atoms with Crippen LogP contribution in [0.25, 0.3) is 17.1 Å². The van der Waals surface area contributed by atoms with E-state index in [4.69, 9.17) is 4.74 Å². The summed E-state index contributed by atoms with van der Waals surface area (Å²) in [5.74, 6) is 0.315. The molecule has 1 fully saturated rings. The minimum Gasteiger partial charge on any atom is -0.497 e. The fourth-order valence-electron chi connectivity index (χ4n) is 3.68. The summed E-state index contributed by atoms with van der Waals surface area (Å²) in [6, 6.07) is 10.3. The van der Waals surface area contributed by atoms with Crippen LogP contribution in [0.4, 0.5) is 5.69 Å². The molecule has 0 unspecified atom stereocenters. The van der Waals surface area contributed by atoms with E-state index in [1.54, 1.807) is 48.3 Å². The van der Waals surface area contributed by atoms with Gasteiger partial charge in [-0.25, -0.2) is 18.1 Å². The number of pyridine rings is 1. The maximum atomic E-state index is 12.5. The van der Waals surface area contributed by atoms with Crippen LogP contribution >= 0.6 is 0 Å². The van der Waals surface area contributed by atoms with Crippen molar-refractivity contribution >= 4 is 38.5 Å². The molecule has 0 saturated carbocycles. The number of aromatic nitrogens is 3. The highest BCUT2D eigenvalue weighted by Crippen LogP contribution is 2.28. The number of rotatable bonds is 5. The third-order valence-electron chi connectivity index (χ3n) is 5.33. The van der Waals surface area contributed by atoms with Gasteiger partial charge < -0.3 is 10.1 Å². The van der Waals surface area contributed by atoms with Crippen LogP contribution in [0.5, 0.6) is 5.75 Å². The number of nitriles is 1. The SMILES string of the molecule is COc1ccc(NC(=O)/C(C#N)=C\c2cnc3c(c2)c(C)nn3[C@@H]2CCS(=O)(=O)C2)cc1. The highest BCUT2D eigenvalue weighted by Gasteiger charge is 2.31. The van der Waals surface area contributed by atoms with Crippen LogP contribution in [0.2, 0.25) is 0 Å². The molecule has 32 heavy (non-hydrogen) atoms. The van der Waals surface area contributed by atoms with Crippen molar-refractivity contribution in [3.05, 3.63) is 53.4 Å². The summed E-state index contributed by atoms with van der Waals surface area (Å²) < 4.78 is 30.5. The molecule has 1 N–H and O–H groups in total. The van der Waals surface area contributed by atoms with Gasteiger partial charge in [0.05, 0.1) is 30.4 Å². The number of hydrogen-bond donors (Lipinski definition) is 1. The lowest BCUT2D eigenvalue weighted by Crippen LogP contribution is -2.13. The number of amides is 1. The van der Waals surface area contributed by atoms with Gasteiger partial charge >= 0.3 is 0 Å². The molecule has 0 radical (unpaired) electrons. The molecule has 1 atom stereocenters. The average molecular weight is 452 g/mol. The minimum atomic E-state index is -3.06. The topological polar surface area (TPSA) is 127 Å². The second kappa shape index (κ2) is 8.43. The number of aryl methyl sites for hydroxylation is 1. The van der Waals surface area contributed by atoms with Crippen molar-refractivity contribution in [3.8, 4) is 11.8 Å². The zero-order valence-corrected chi connectivity index (χ0v) is 18.4. The Morgan fingerprint density at radius 1 is 1.34 bits per heavy atom. The predicted molar refractivity (Wildman–Crippen MR) is 120 cm³/mol. The van der Waals surface area contributed by atoms with Crippen molar-refractivity contribution in [1.82, 2.24) is 14.8 Å². The first-order valence-electron chi connectivity index (χ1n) is 9.92. The Bertz CT molecular complexity index is 1370. The van der Waals surface area contributed by atoms with Gasteiger partial charge in [-0.3, -0.25) is 4.79 Å². The number of ether oxygens (including phenoxy) is 1. The first kappa shape index (κ1) is 21.5. The van der Waals surface area contributed by atoms with Gasteiger partial charge in [0.2, 0.25) is 0 Å². The van der Waals surface area contributed by atoms with Gasteiger partial charge in [0.25, 0.3) is 5.91 Å². The van der Waals surface area contributed by atoms with E-state index in [9.17, 15) is 18.5 Å². The molecule has 9 nitrogen and oxygen atoms in total. The predicted octanol–water partition coefficient (Wildman–Crippen LogP) is 2.65. The smallest absolute Gasteiger partial charge is 0.266 e. The Morgan fingerprint density at radius 3 is 2.72 bits per heavy atom. The van der Waals surface area contributed by atoms with Crippen molar-refractivity contribution in [3.63, 3.8) is 0 Å². The van der Waals surface area contributed by atoms with Crippen molar-refractivity contribution in [2.75, 3.05) is 23.9 Å².